The Hall–Kier alpha value is -3.51. The summed E-state index contributed by atoms with van der Waals surface area (Å²) in [6.45, 7) is 1.93. The van der Waals surface area contributed by atoms with Gasteiger partial charge in [0.05, 0.1) is 21.7 Å². The fourth-order valence-corrected chi connectivity index (χ4v) is 3.98. The van der Waals surface area contributed by atoms with Crippen molar-refractivity contribution in [2.75, 3.05) is 4.72 Å². The highest BCUT2D eigenvalue weighted by Crippen LogP contribution is 2.30. The number of rotatable bonds is 6. The molecule has 3 rings (SSSR count). The summed E-state index contributed by atoms with van der Waals surface area (Å²) in [5.74, 6) is 0. The van der Waals surface area contributed by atoms with Crippen molar-refractivity contribution < 1.29 is 17.9 Å². The number of hydrogen-bond acceptors (Lipinski definition) is 5. The number of H-pyrrole nitrogens is 1. The highest BCUT2D eigenvalue weighted by molar-refractivity contribution is 7.92. The number of carbonyl (C=O) groups excluding carboxylic acids is 1. The molecule has 9 heteroatoms. The number of carbonyl (C=O) groups is 1. The van der Waals surface area contributed by atoms with Crippen molar-refractivity contribution in [2.24, 2.45) is 5.73 Å². The number of fused-ring (bicyclic) bond motifs is 1. The Morgan fingerprint density at radius 3 is 2.57 bits per heavy atom. The number of benzene rings is 2. The third-order valence-corrected chi connectivity index (χ3v) is 5.66. The molecule has 2 aromatic carbocycles. The van der Waals surface area contributed by atoms with Gasteiger partial charge in [-0.2, -0.15) is 5.26 Å². The van der Waals surface area contributed by atoms with Crippen molar-refractivity contribution in [2.45, 2.75) is 24.8 Å². The summed E-state index contributed by atoms with van der Waals surface area (Å²) < 4.78 is 32.8. The molecule has 144 valence electrons. The maximum atomic E-state index is 12.8. The molecule has 1 heterocycles. The number of anilines is 1. The molecule has 8 nitrogen and oxygen atoms in total. The summed E-state index contributed by atoms with van der Waals surface area (Å²) in [7, 11) is -3.86. The average molecular weight is 398 g/mol. The molecular formula is C19H18N4O4S. The monoisotopic (exact) mass is 398 g/mol. The van der Waals surface area contributed by atoms with Gasteiger partial charge in [-0.05, 0) is 35.7 Å². The summed E-state index contributed by atoms with van der Waals surface area (Å²) in [5.41, 5.74) is 7.86. The van der Waals surface area contributed by atoms with Crippen molar-refractivity contribution in [3.8, 4) is 6.07 Å². The Morgan fingerprint density at radius 1 is 1.25 bits per heavy atom. The molecule has 0 bridgehead atoms. The maximum Gasteiger partial charge on any atom is 0.404 e. The Labute approximate surface area is 162 Å². The zero-order valence-electron chi connectivity index (χ0n) is 15.0. The first-order chi connectivity index (χ1) is 13.4. The van der Waals surface area contributed by atoms with Gasteiger partial charge in [-0.25, -0.2) is 13.2 Å². The number of sulfonamides is 1. The van der Waals surface area contributed by atoms with E-state index in [1.54, 1.807) is 18.3 Å². The van der Waals surface area contributed by atoms with Crippen LogP contribution in [0.5, 0.6) is 0 Å². The summed E-state index contributed by atoms with van der Waals surface area (Å²) in [6.07, 6.45) is 1.38. The lowest BCUT2D eigenvalue weighted by molar-refractivity contribution is 0.150. The largest absolute Gasteiger partial charge is 0.445 e. The second-order valence-corrected chi connectivity index (χ2v) is 7.73. The topological polar surface area (TPSA) is 138 Å². The number of amides is 1. The lowest BCUT2D eigenvalue weighted by Gasteiger charge is -2.11. The fourth-order valence-electron chi connectivity index (χ4n) is 2.91. The number of nitrogens with two attached hydrogens (primary N) is 1. The number of nitrogens with zero attached hydrogens (tertiary/aromatic N) is 1. The molecule has 4 N–H and O–H groups in total. The second-order valence-electron chi connectivity index (χ2n) is 6.05. The minimum atomic E-state index is -3.86. The Bertz CT molecular complexity index is 1180. The quantitative estimate of drug-likeness (QED) is 0.586. The van der Waals surface area contributed by atoms with Crippen LogP contribution in [0.15, 0.2) is 47.5 Å². The van der Waals surface area contributed by atoms with Crippen LogP contribution < -0.4 is 10.5 Å². The van der Waals surface area contributed by atoms with E-state index in [-0.39, 0.29) is 11.5 Å². The molecule has 0 fully saturated rings. The molecule has 0 saturated carbocycles. The van der Waals surface area contributed by atoms with Crippen molar-refractivity contribution in [3.05, 3.63) is 59.3 Å². The summed E-state index contributed by atoms with van der Waals surface area (Å²) in [5, 5.41) is 10.0. The summed E-state index contributed by atoms with van der Waals surface area (Å²) in [4.78, 5) is 13.7. The van der Waals surface area contributed by atoms with E-state index in [1.165, 1.54) is 24.3 Å². The van der Waals surface area contributed by atoms with Crippen molar-refractivity contribution >= 4 is 32.7 Å². The normalized spacial score (nSPS) is 11.1. The number of aromatic amines is 1. The number of ether oxygens (including phenoxy) is 1. The van der Waals surface area contributed by atoms with Crippen LogP contribution in [0, 0.1) is 11.3 Å². The van der Waals surface area contributed by atoms with Gasteiger partial charge in [-0.3, -0.25) is 4.72 Å². The third kappa shape index (κ3) is 3.77. The molecule has 1 aromatic heterocycles. The number of nitrogens with one attached hydrogen (secondary N) is 2. The van der Waals surface area contributed by atoms with E-state index in [9.17, 15) is 18.5 Å². The van der Waals surface area contributed by atoms with Crippen LogP contribution in [-0.2, 0) is 27.8 Å². The number of primary amides is 1. The molecular weight excluding hydrogens is 380 g/mol. The minimum Gasteiger partial charge on any atom is -0.445 e. The lowest BCUT2D eigenvalue weighted by Crippen LogP contribution is -2.14. The number of aromatic nitrogens is 1. The van der Waals surface area contributed by atoms with E-state index in [2.05, 4.69) is 20.5 Å². The van der Waals surface area contributed by atoms with Crippen LogP contribution >= 0.6 is 0 Å². The average Bonchev–Trinajstić information content (AvgIpc) is 3.11. The van der Waals surface area contributed by atoms with E-state index in [0.29, 0.717) is 34.1 Å². The van der Waals surface area contributed by atoms with Gasteiger partial charge >= 0.3 is 6.09 Å². The highest BCUT2D eigenvalue weighted by atomic mass is 32.2. The van der Waals surface area contributed by atoms with E-state index in [0.717, 1.165) is 5.56 Å². The summed E-state index contributed by atoms with van der Waals surface area (Å²) >= 11 is 0. The number of nitriles is 1. The van der Waals surface area contributed by atoms with Crippen molar-refractivity contribution in [1.29, 1.82) is 5.26 Å². The first-order valence-electron chi connectivity index (χ1n) is 8.42. The molecule has 0 radical (unpaired) electrons. The molecule has 0 spiro atoms. The van der Waals surface area contributed by atoms with Crippen LogP contribution in [0.4, 0.5) is 10.5 Å². The molecule has 0 aliphatic heterocycles. The van der Waals surface area contributed by atoms with Gasteiger partial charge < -0.3 is 15.5 Å². The molecule has 0 atom stereocenters. The lowest BCUT2D eigenvalue weighted by atomic mass is 10.0. The fraction of sp³-hybridized carbons (Fsp3) is 0.158. The Balaban J connectivity index is 1.92. The maximum absolute atomic E-state index is 12.8. The van der Waals surface area contributed by atoms with E-state index < -0.39 is 16.1 Å². The van der Waals surface area contributed by atoms with Gasteiger partial charge in [0.2, 0.25) is 0 Å². The predicted octanol–water partition coefficient (Wildman–Crippen LogP) is 3.00. The van der Waals surface area contributed by atoms with Gasteiger partial charge in [0.1, 0.15) is 12.7 Å². The van der Waals surface area contributed by atoms with Crippen LogP contribution in [0.3, 0.4) is 0 Å². The molecule has 1 amide bonds. The van der Waals surface area contributed by atoms with Gasteiger partial charge in [-0.15, -0.1) is 0 Å². The Kier molecular flexibility index (Phi) is 5.24. The first kappa shape index (κ1) is 19.3. The zero-order chi connectivity index (χ0) is 20.3. The van der Waals surface area contributed by atoms with Crippen LogP contribution in [-0.4, -0.2) is 19.5 Å². The highest BCUT2D eigenvalue weighted by Gasteiger charge is 2.18. The van der Waals surface area contributed by atoms with Gasteiger partial charge in [0.15, 0.2) is 0 Å². The standard InChI is InChI=1S/C19H18N4O4S/c1-2-13-5-8-16(18-17(13)14(9-20)10-22-18)23-28(25,26)15-6-3-12(4-7-15)11-27-19(21)24/h3-8,10,22-23H,2,11H2,1H3,(H2,21,24). The molecule has 0 unspecified atom stereocenters. The van der Waals surface area contributed by atoms with Crippen LogP contribution in [0.1, 0.15) is 23.6 Å². The molecule has 3 aromatic rings. The minimum absolute atomic E-state index is 0.0401. The van der Waals surface area contributed by atoms with Crippen molar-refractivity contribution in [1.82, 2.24) is 4.98 Å². The Morgan fingerprint density at radius 2 is 1.96 bits per heavy atom. The van der Waals surface area contributed by atoms with Crippen molar-refractivity contribution in [3.63, 3.8) is 0 Å². The molecule has 0 aliphatic rings. The smallest absolute Gasteiger partial charge is 0.404 e. The first-order valence-corrected chi connectivity index (χ1v) is 9.91. The van der Waals surface area contributed by atoms with Crippen LogP contribution in [0.25, 0.3) is 10.9 Å². The predicted molar refractivity (Wildman–Crippen MR) is 104 cm³/mol. The molecule has 0 aliphatic carbocycles. The second kappa shape index (κ2) is 7.62. The van der Waals surface area contributed by atoms with E-state index in [4.69, 9.17) is 5.73 Å². The number of hydrogen-bond donors (Lipinski definition) is 3. The molecule has 0 saturated heterocycles. The van der Waals surface area contributed by atoms with E-state index >= 15 is 0 Å². The van der Waals surface area contributed by atoms with Gasteiger partial charge in [-0.1, -0.05) is 25.1 Å². The van der Waals surface area contributed by atoms with E-state index in [1.807, 2.05) is 6.92 Å². The summed E-state index contributed by atoms with van der Waals surface area (Å²) in [6, 6.07) is 11.5. The number of aryl methyl sites for hydroxylation is 1. The molecule has 28 heavy (non-hydrogen) atoms. The van der Waals surface area contributed by atoms with Gasteiger partial charge in [0, 0.05) is 11.6 Å². The van der Waals surface area contributed by atoms with Gasteiger partial charge in [0.25, 0.3) is 10.0 Å². The zero-order valence-corrected chi connectivity index (χ0v) is 15.8. The third-order valence-electron chi connectivity index (χ3n) is 4.28. The SMILES string of the molecule is CCc1ccc(NS(=O)(=O)c2ccc(COC(N)=O)cc2)c2[nH]cc(C#N)c12. The van der Waals surface area contributed by atoms with Crippen LogP contribution in [0.2, 0.25) is 0 Å².